The van der Waals surface area contributed by atoms with Crippen LogP contribution < -0.4 is 15.9 Å². The number of rotatable bonds is 5. The third kappa shape index (κ3) is 3.99. The highest BCUT2D eigenvalue weighted by molar-refractivity contribution is 7.86. The maximum Gasteiger partial charge on any atom is 0.335 e. The van der Waals surface area contributed by atoms with Crippen LogP contribution in [-0.4, -0.2) is 24.0 Å². The molecule has 7 heteroatoms. The van der Waals surface area contributed by atoms with Crippen LogP contribution in [0.15, 0.2) is 83.8 Å². The van der Waals surface area contributed by atoms with Crippen LogP contribution in [-0.2, 0) is 10.1 Å². The average molecular weight is 386 g/mol. The Hall–Kier alpha value is -2.53. The molecular weight excluding hydrogens is 371 g/mol. The molecule has 26 heavy (non-hydrogen) atoms. The van der Waals surface area contributed by atoms with Gasteiger partial charge in [-0.2, -0.15) is 8.42 Å². The van der Waals surface area contributed by atoms with Crippen LogP contribution in [0.4, 0.5) is 0 Å². The minimum absolute atomic E-state index is 0.166. The van der Waals surface area contributed by atoms with Gasteiger partial charge in [-0.05, 0) is 48.1 Å². The monoisotopic (exact) mass is 386 g/mol. The van der Waals surface area contributed by atoms with E-state index in [2.05, 4.69) is 0 Å². The molecule has 0 saturated carbocycles. The van der Waals surface area contributed by atoms with E-state index in [-0.39, 0.29) is 10.5 Å². The topological polar surface area (TPSA) is 91.7 Å². The summed E-state index contributed by atoms with van der Waals surface area (Å²) in [5.74, 6) is -1.01. The van der Waals surface area contributed by atoms with E-state index in [4.69, 9.17) is 5.11 Å². The Morgan fingerprint density at radius 3 is 1.92 bits per heavy atom. The van der Waals surface area contributed by atoms with Crippen molar-refractivity contribution < 1.29 is 22.9 Å². The van der Waals surface area contributed by atoms with Crippen LogP contribution in [0.1, 0.15) is 10.4 Å². The Kier molecular flexibility index (Phi) is 5.18. The lowest BCUT2D eigenvalue weighted by Crippen LogP contribution is -2.21. The van der Waals surface area contributed by atoms with Crippen molar-refractivity contribution in [3.63, 3.8) is 0 Å². The molecular formula is C19H15O5PS. The first kappa shape index (κ1) is 18.3. The maximum atomic E-state index is 11.5. The SMILES string of the molecule is O=C(O)c1ccc(P(c2ccccc2)c2cccc(S(=O)(=O)O)c2)cc1. The summed E-state index contributed by atoms with van der Waals surface area (Å²) in [7, 11) is -5.42. The summed E-state index contributed by atoms with van der Waals surface area (Å²) in [4.78, 5) is 10.9. The predicted molar refractivity (Wildman–Crippen MR) is 102 cm³/mol. The van der Waals surface area contributed by atoms with Gasteiger partial charge in [-0.25, -0.2) is 4.79 Å². The minimum atomic E-state index is -4.31. The van der Waals surface area contributed by atoms with Crippen molar-refractivity contribution >= 4 is 39.9 Å². The molecule has 2 N–H and O–H groups in total. The number of carboxylic acids is 1. The summed E-state index contributed by atoms with van der Waals surface area (Å²) < 4.78 is 32.3. The van der Waals surface area contributed by atoms with Crippen LogP contribution in [0, 0.1) is 0 Å². The number of hydrogen-bond acceptors (Lipinski definition) is 3. The fourth-order valence-corrected chi connectivity index (χ4v) is 5.49. The lowest BCUT2D eigenvalue weighted by Gasteiger charge is -2.20. The van der Waals surface area contributed by atoms with Crippen molar-refractivity contribution in [2.45, 2.75) is 4.90 Å². The Balaban J connectivity index is 2.15. The summed E-state index contributed by atoms with van der Waals surface area (Å²) in [6.07, 6.45) is 0. The van der Waals surface area contributed by atoms with Crippen molar-refractivity contribution in [2.24, 2.45) is 0 Å². The zero-order valence-electron chi connectivity index (χ0n) is 13.5. The summed E-state index contributed by atoms with van der Waals surface area (Å²) >= 11 is 0. The molecule has 0 aromatic heterocycles. The van der Waals surface area contributed by atoms with Gasteiger partial charge < -0.3 is 5.11 Å². The lowest BCUT2D eigenvalue weighted by molar-refractivity contribution is 0.0697. The third-order valence-electron chi connectivity index (χ3n) is 3.76. The molecule has 132 valence electrons. The van der Waals surface area contributed by atoms with Crippen molar-refractivity contribution in [3.8, 4) is 0 Å². The van der Waals surface area contributed by atoms with E-state index in [0.717, 1.165) is 15.9 Å². The smallest absolute Gasteiger partial charge is 0.335 e. The fourth-order valence-electron chi connectivity index (χ4n) is 2.56. The van der Waals surface area contributed by atoms with E-state index in [1.54, 1.807) is 24.3 Å². The van der Waals surface area contributed by atoms with Gasteiger partial charge in [0, 0.05) is 0 Å². The van der Waals surface area contributed by atoms with E-state index in [1.165, 1.54) is 24.3 Å². The number of benzene rings is 3. The second-order valence-corrected chi connectivity index (χ2v) is 9.14. The lowest BCUT2D eigenvalue weighted by atomic mass is 10.2. The molecule has 3 rings (SSSR count). The fraction of sp³-hybridized carbons (Fsp3) is 0. The van der Waals surface area contributed by atoms with Gasteiger partial charge in [-0.3, -0.25) is 4.55 Å². The molecule has 1 atom stereocenters. The van der Waals surface area contributed by atoms with Gasteiger partial charge in [0.1, 0.15) is 0 Å². The first-order valence-corrected chi connectivity index (χ1v) is 10.4. The van der Waals surface area contributed by atoms with Crippen molar-refractivity contribution in [1.29, 1.82) is 0 Å². The molecule has 3 aromatic carbocycles. The zero-order chi connectivity index (χ0) is 18.7. The zero-order valence-corrected chi connectivity index (χ0v) is 15.2. The number of carbonyl (C=O) groups is 1. The van der Waals surface area contributed by atoms with Crippen LogP contribution in [0.3, 0.4) is 0 Å². The van der Waals surface area contributed by atoms with E-state index in [1.807, 2.05) is 30.3 Å². The summed E-state index contributed by atoms with van der Waals surface area (Å²) in [6, 6.07) is 22.3. The normalized spacial score (nSPS) is 12.5. The summed E-state index contributed by atoms with van der Waals surface area (Å²) in [6.45, 7) is 0. The van der Waals surface area contributed by atoms with Gasteiger partial charge in [0.2, 0.25) is 0 Å². The third-order valence-corrected chi connectivity index (χ3v) is 7.03. The van der Waals surface area contributed by atoms with E-state index < -0.39 is 24.0 Å². The standard InChI is InChI=1S/C19H15O5PS/c20-19(21)14-9-11-16(12-10-14)25(15-5-2-1-3-6-15)17-7-4-8-18(13-17)26(22,23)24/h1-13H,(H,20,21)(H,22,23,24). The van der Waals surface area contributed by atoms with Gasteiger partial charge in [-0.15, -0.1) is 0 Å². The molecule has 1 unspecified atom stereocenters. The highest BCUT2D eigenvalue weighted by atomic mass is 32.2. The maximum absolute atomic E-state index is 11.5. The highest BCUT2D eigenvalue weighted by Gasteiger charge is 2.19. The number of carboxylic acid groups (broad SMARTS) is 1. The van der Waals surface area contributed by atoms with Gasteiger partial charge in [-0.1, -0.05) is 54.6 Å². The molecule has 0 saturated heterocycles. The molecule has 0 spiro atoms. The molecule has 0 aliphatic rings. The molecule has 0 heterocycles. The first-order chi connectivity index (χ1) is 12.4. The van der Waals surface area contributed by atoms with Gasteiger partial charge in [0.25, 0.3) is 10.1 Å². The molecule has 0 aliphatic heterocycles. The molecule has 0 amide bonds. The highest BCUT2D eigenvalue weighted by Crippen LogP contribution is 2.33. The van der Waals surface area contributed by atoms with Crippen molar-refractivity contribution in [3.05, 3.63) is 84.4 Å². The van der Waals surface area contributed by atoms with Gasteiger partial charge in [0.05, 0.1) is 10.5 Å². The van der Waals surface area contributed by atoms with Crippen LogP contribution in [0.2, 0.25) is 0 Å². The van der Waals surface area contributed by atoms with E-state index in [0.29, 0.717) is 0 Å². The van der Waals surface area contributed by atoms with Crippen molar-refractivity contribution in [1.82, 2.24) is 0 Å². The van der Waals surface area contributed by atoms with Crippen LogP contribution in [0.5, 0.6) is 0 Å². The minimum Gasteiger partial charge on any atom is -0.478 e. The second-order valence-electron chi connectivity index (χ2n) is 5.50. The molecule has 3 aromatic rings. The van der Waals surface area contributed by atoms with Crippen LogP contribution in [0.25, 0.3) is 0 Å². The summed E-state index contributed by atoms with van der Waals surface area (Å²) in [5.41, 5.74) is 0.184. The van der Waals surface area contributed by atoms with Crippen LogP contribution >= 0.6 is 7.92 Å². The van der Waals surface area contributed by atoms with Gasteiger partial charge >= 0.3 is 5.97 Å². The molecule has 0 aliphatic carbocycles. The molecule has 0 radical (unpaired) electrons. The Morgan fingerprint density at radius 2 is 1.35 bits per heavy atom. The largest absolute Gasteiger partial charge is 0.478 e. The predicted octanol–water partition coefficient (Wildman–Crippen LogP) is 2.39. The second kappa shape index (κ2) is 7.38. The average Bonchev–Trinajstić information content (AvgIpc) is 2.63. The summed E-state index contributed by atoms with van der Waals surface area (Å²) in [5, 5.41) is 11.7. The first-order valence-electron chi connectivity index (χ1n) is 7.62. The Morgan fingerprint density at radius 1 is 0.769 bits per heavy atom. The molecule has 5 nitrogen and oxygen atoms in total. The molecule has 0 fully saturated rings. The van der Waals surface area contributed by atoms with E-state index >= 15 is 0 Å². The van der Waals surface area contributed by atoms with Gasteiger partial charge in [0.15, 0.2) is 0 Å². The van der Waals surface area contributed by atoms with Crippen molar-refractivity contribution in [2.75, 3.05) is 0 Å². The van der Waals surface area contributed by atoms with E-state index in [9.17, 15) is 17.8 Å². The molecule has 0 bridgehead atoms. The quantitative estimate of drug-likeness (QED) is 0.519. The number of hydrogen-bond donors (Lipinski definition) is 2. The Bertz CT molecular complexity index is 1030. The Labute approximate surface area is 152 Å². The number of aromatic carboxylic acids is 1.